The van der Waals surface area contributed by atoms with Gasteiger partial charge in [0.15, 0.2) is 0 Å². The highest BCUT2D eigenvalue weighted by atomic mass is 16.2. The molecule has 1 aliphatic rings. The summed E-state index contributed by atoms with van der Waals surface area (Å²) in [7, 11) is 0. The second-order valence-corrected chi connectivity index (χ2v) is 6.59. The van der Waals surface area contributed by atoms with Crippen LogP contribution in [0, 0.1) is 20.8 Å². The van der Waals surface area contributed by atoms with Crippen LogP contribution < -0.4 is 10.2 Å². The van der Waals surface area contributed by atoms with Gasteiger partial charge in [-0.2, -0.15) is 0 Å². The van der Waals surface area contributed by atoms with E-state index in [0.29, 0.717) is 18.5 Å². The molecule has 0 bridgehead atoms. The van der Waals surface area contributed by atoms with Crippen LogP contribution in [0.2, 0.25) is 0 Å². The molecule has 2 aromatic rings. The Morgan fingerprint density at radius 3 is 2.25 bits per heavy atom. The predicted molar refractivity (Wildman–Crippen MR) is 95.3 cm³/mol. The smallest absolute Gasteiger partial charge is 0.251 e. The van der Waals surface area contributed by atoms with Crippen molar-refractivity contribution in [2.24, 2.45) is 0 Å². The van der Waals surface area contributed by atoms with Gasteiger partial charge in [0, 0.05) is 24.2 Å². The molecule has 1 aliphatic heterocycles. The van der Waals surface area contributed by atoms with Crippen LogP contribution in [0.5, 0.6) is 0 Å². The first-order valence-corrected chi connectivity index (χ1v) is 8.18. The number of benzene rings is 2. The van der Waals surface area contributed by atoms with E-state index in [9.17, 15) is 9.59 Å². The normalized spacial score (nSPS) is 17.2. The fourth-order valence-corrected chi connectivity index (χ4v) is 3.15. The molecule has 124 valence electrons. The zero-order chi connectivity index (χ0) is 17.3. The van der Waals surface area contributed by atoms with Gasteiger partial charge in [0.2, 0.25) is 5.91 Å². The summed E-state index contributed by atoms with van der Waals surface area (Å²) in [6, 6.07) is 13.5. The summed E-state index contributed by atoms with van der Waals surface area (Å²) in [6.07, 6.45) is 0.338. The molecule has 4 heteroatoms. The van der Waals surface area contributed by atoms with E-state index in [2.05, 4.69) is 5.32 Å². The molecule has 1 atom stereocenters. The van der Waals surface area contributed by atoms with Crippen molar-refractivity contribution in [2.45, 2.75) is 33.2 Å². The van der Waals surface area contributed by atoms with Gasteiger partial charge in [-0.05, 0) is 45.0 Å². The summed E-state index contributed by atoms with van der Waals surface area (Å²) in [5.74, 6) is -0.0741. The number of hydrogen-bond acceptors (Lipinski definition) is 2. The molecule has 1 fully saturated rings. The molecule has 0 radical (unpaired) electrons. The Morgan fingerprint density at radius 2 is 1.62 bits per heavy atom. The highest BCUT2D eigenvalue weighted by Crippen LogP contribution is 2.22. The lowest BCUT2D eigenvalue weighted by atomic mass is 10.1. The topological polar surface area (TPSA) is 49.4 Å². The molecule has 0 spiro atoms. The van der Waals surface area contributed by atoms with Gasteiger partial charge in [0.1, 0.15) is 0 Å². The average molecular weight is 322 g/mol. The molecule has 1 saturated heterocycles. The highest BCUT2D eigenvalue weighted by Gasteiger charge is 2.31. The molecule has 3 rings (SSSR count). The van der Waals surface area contributed by atoms with Crippen LogP contribution in [-0.2, 0) is 4.79 Å². The molecular formula is C20H22N2O2. The molecule has 2 aromatic carbocycles. The van der Waals surface area contributed by atoms with Crippen LogP contribution in [0.15, 0.2) is 42.5 Å². The summed E-state index contributed by atoms with van der Waals surface area (Å²) in [5, 5.41) is 2.99. The minimum absolute atomic E-state index is 0.0459. The first kappa shape index (κ1) is 16.2. The monoisotopic (exact) mass is 322 g/mol. The van der Waals surface area contributed by atoms with E-state index in [-0.39, 0.29) is 17.9 Å². The van der Waals surface area contributed by atoms with E-state index in [4.69, 9.17) is 0 Å². The summed E-state index contributed by atoms with van der Waals surface area (Å²) in [4.78, 5) is 26.5. The first-order chi connectivity index (χ1) is 11.4. The minimum Gasteiger partial charge on any atom is -0.347 e. The number of amides is 2. The average Bonchev–Trinajstić information content (AvgIpc) is 2.87. The summed E-state index contributed by atoms with van der Waals surface area (Å²) >= 11 is 0. The molecule has 1 N–H and O–H groups in total. The third-order valence-electron chi connectivity index (χ3n) is 4.29. The lowest BCUT2D eigenvalue weighted by Crippen LogP contribution is -2.37. The van der Waals surface area contributed by atoms with Crippen molar-refractivity contribution in [1.82, 2.24) is 5.32 Å². The van der Waals surface area contributed by atoms with Crippen molar-refractivity contribution in [3.8, 4) is 0 Å². The number of anilines is 1. The predicted octanol–water partition coefficient (Wildman–Crippen LogP) is 3.15. The Morgan fingerprint density at radius 1 is 1.00 bits per heavy atom. The van der Waals surface area contributed by atoms with E-state index in [1.54, 1.807) is 4.90 Å². The third-order valence-corrected chi connectivity index (χ3v) is 4.29. The Hall–Kier alpha value is -2.62. The van der Waals surface area contributed by atoms with Gasteiger partial charge in [0.05, 0.1) is 6.04 Å². The van der Waals surface area contributed by atoms with E-state index in [1.807, 2.05) is 63.2 Å². The molecule has 24 heavy (non-hydrogen) atoms. The quantitative estimate of drug-likeness (QED) is 0.944. The third kappa shape index (κ3) is 3.48. The van der Waals surface area contributed by atoms with Gasteiger partial charge < -0.3 is 10.2 Å². The molecular weight excluding hydrogens is 300 g/mol. The largest absolute Gasteiger partial charge is 0.347 e. The van der Waals surface area contributed by atoms with Crippen molar-refractivity contribution in [3.05, 3.63) is 64.7 Å². The molecule has 0 aliphatic carbocycles. The number of carbonyl (C=O) groups is 2. The Bertz CT molecular complexity index is 760. The fourth-order valence-electron chi connectivity index (χ4n) is 3.15. The van der Waals surface area contributed by atoms with E-state index >= 15 is 0 Å². The lowest BCUT2D eigenvalue weighted by Gasteiger charge is -2.17. The van der Waals surface area contributed by atoms with Crippen LogP contribution in [0.25, 0.3) is 0 Å². The molecule has 2 amide bonds. The number of hydrogen-bond donors (Lipinski definition) is 1. The van der Waals surface area contributed by atoms with Crippen molar-refractivity contribution in [1.29, 1.82) is 0 Å². The molecule has 0 unspecified atom stereocenters. The number of rotatable bonds is 3. The van der Waals surface area contributed by atoms with Gasteiger partial charge in [0.25, 0.3) is 5.91 Å². The first-order valence-electron chi connectivity index (χ1n) is 8.18. The molecule has 1 heterocycles. The number of nitrogens with zero attached hydrogens (tertiary/aromatic N) is 1. The zero-order valence-corrected chi connectivity index (χ0v) is 14.3. The maximum Gasteiger partial charge on any atom is 0.251 e. The maximum absolute atomic E-state index is 12.5. The van der Waals surface area contributed by atoms with Gasteiger partial charge in [-0.25, -0.2) is 0 Å². The number of carbonyl (C=O) groups excluding carboxylic acids is 2. The second-order valence-electron chi connectivity index (χ2n) is 6.59. The summed E-state index contributed by atoms with van der Waals surface area (Å²) in [6.45, 7) is 6.48. The van der Waals surface area contributed by atoms with Gasteiger partial charge >= 0.3 is 0 Å². The number of aryl methyl sites for hydroxylation is 3. The van der Waals surface area contributed by atoms with Crippen molar-refractivity contribution < 1.29 is 9.59 Å². The summed E-state index contributed by atoms with van der Waals surface area (Å²) < 4.78 is 0. The van der Waals surface area contributed by atoms with Gasteiger partial charge in [-0.15, -0.1) is 0 Å². The Balaban J connectivity index is 1.69. The second kappa shape index (κ2) is 6.48. The van der Waals surface area contributed by atoms with Crippen molar-refractivity contribution >= 4 is 17.5 Å². The van der Waals surface area contributed by atoms with Crippen LogP contribution in [0.4, 0.5) is 5.69 Å². The van der Waals surface area contributed by atoms with Crippen molar-refractivity contribution in [2.75, 3.05) is 11.4 Å². The SMILES string of the molecule is Cc1ccc(N2C[C@@H](NC(=O)c3cc(C)cc(C)c3)CC2=O)cc1. The van der Waals surface area contributed by atoms with E-state index < -0.39 is 0 Å². The molecule has 0 saturated carbocycles. The summed E-state index contributed by atoms with van der Waals surface area (Å²) in [5.41, 5.74) is 4.81. The minimum atomic E-state index is -0.160. The zero-order valence-electron chi connectivity index (χ0n) is 14.3. The fraction of sp³-hybridized carbons (Fsp3) is 0.300. The van der Waals surface area contributed by atoms with Crippen molar-refractivity contribution in [3.63, 3.8) is 0 Å². The van der Waals surface area contributed by atoms with Crippen LogP contribution >= 0.6 is 0 Å². The standard InChI is InChI=1S/C20H22N2O2/c1-13-4-6-18(7-5-13)22-12-17(11-19(22)23)21-20(24)16-9-14(2)8-15(3)10-16/h4-10,17H,11-12H2,1-3H3,(H,21,24)/t17-/m0/s1. The van der Waals surface area contributed by atoms with E-state index in [1.165, 1.54) is 0 Å². The maximum atomic E-state index is 12.5. The molecule has 4 nitrogen and oxygen atoms in total. The highest BCUT2D eigenvalue weighted by molar-refractivity contribution is 5.99. The van der Waals surface area contributed by atoms with Gasteiger partial charge in [-0.1, -0.05) is 34.9 Å². The number of nitrogens with one attached hydrogen (secondary N) is 1. The Kier molecular flexibility index (Phi) is 4.38. The van der Waals surface area contributed by atoms with Gasteiger partial charge in [-0.3, -0.25) is 9.59 Å². The Labute approximate surface area is 142 Å². The molecule has 0 aromatic heterocycles. The van der Waals surface area contributed by atoms with Crippen LogP contribution in [0.3, 0.4) is 0 Å². The lowest BCUT2D eigenvalue weighted by molar-refractivity contribution is -0.117. The van der Waals surface area contributed by atoms with Crippen LogP contribution in [0.1, 0.15) is 33.5 Å². The van der Waals surface area contributed by atoms with Crippen LogP contribution in [-0.4, -0.2) is 24.4 Å². The van der Waals surface area contributed by atoms with E-state index in [0.717, 1.165) is 22.4 Å².